The lowest BCUT2D eigenvalue weighted by Gasteiger charge is -1.99. The smallest absolute Gasteiger partial charge is 0.275 e. The van der Waals surface area contributed by atoms with Crippen LogP contribution in [0.5, 0.6) is 0 Å². The number of aliphatic imine (C=N–C) groups is 1. The molecule has 0 saturated carbocycles. The Kier molecular flexibility index (Phi) is 3.12. The maximum Gasteiger partial charge on any atom is 0.275 e. The van der Waals surface area contributed by atoms with E-state index in [2.05, 4.69) is 26.2 Å². The molecule has 2 aromatic rings. The minimum absolute atomic E-state index is 0.231. The van der Waals surface area contributed by atoms with Crippen molar-refractivity contribution >= 4 is 50.5 Å². The van der Waals surface area contributed by atoms with Crippen LogP contribution in [0, 0.1) is 0 Å². The second-order valence-corrected chi connectivity index (χ2v) is 5.38. The number of benzene rings is 2. The van der Waals surface area contributed by atoms with Crippen LogP contribution in [0.1, 0.15) is 5.56 Å². The largest absolute Gasteiger partial charge is 0.319 e. The number of fused-ring (bicyclic) bond motifs is 1. The maximum absolute atomic E-state index is 11.9. The molecule has 1 amide bonds. The molecule has 0 bridgehead atoms. The molecule has 0 saturated heterocycles. The molecule has 1 heterocycles. The molecule has 0 atom stereocenters. The van der Waals surface area contributed by atoms with Gasteiger partial charge >= 0.3 is 0 Å². The van der Waals surface area contributed by atoms with Crippen LogP contribution in [-0.4, -0.2) is 11.6 Å². The number of para-hydroxylation sites is 1. The summed E-state index contributed by atoms with van der Waals surface area (Å²) in [6.07, 6.45) is 0. The fourth-order valence-electron chi connectivity index (χ4n) is 1.90. The normalized spacial score (nSPS) is 15.5. The van der Waals surface area contributed by atoms with Crippen molar-refractivity contribution in [3.05, 3.63) is 57.5 Å². The predicted octanol–water partition coefficient (Wildman–Crippen LogP) is 4.18. The molecule has 0 aliphatic carbocycles. The van der Waals surface area contributed by atoms with Gasteiger partial charge in [0.15, 0.2) is 0 Å². The van der Waals surface area contributed by atoms with E-state index in [1.165, 1.54) is 0 Å². The summed E-state index contributed by atoms with van der Waals surface area (Å²) in [5, 5.41) is 3.26. The SMILES string of the molecule is O=C1Nc2c(Cl)cccc2C1=Nc1ccc(Br)cc1. The number of rotatable bonds is 1. The molecule has 2 aromatic carbocycles. The van der Waals surface area contributed by atoms with Gasteiger partial charge in [0.05, 0.1) is 16.4 Å². The Morgan fingerprint density at radius 2 is 1.84 bits per heavy atom. The molecule has 0 fully saturated rings. The number of nitrogens with zero attached hydrogens (tertiary/aromatic N) is 1. The Morgan fingerprint density at radius 3 is 2.58 bits per heavy atom. The quantitative estimate of drug-likeness (QED) is 0.834. The summed E-state index contributed by atoms with van der Waals surface area (Å²) in [6, 6.07) is 12.8. The maximum atomic E-state index is 11.9. The average Bonchev–Trinajstić information content (AvgIpc) is 2.71. The molecule has 3 rings (SSSR count). The number of carbonyl (C=O) groups excluding carboxylic acids is 1. The van der Waals surface area contributed by atoms with Crippen molar-refractivity contribution in [2.24, 2.45) is 4.99 Å². The van der Waals surface area contributed by atoms with Crippen molar-refractivity contribution in [2.75, 3.05) is 5.32 Å². The number of halogens is 2. The Hall–Kier alpha value is -1.65. The van der Waals surface area contributed by atoms with Crippen LogP contribution in [0.15, 0.2) is 51.9 Å². The molecular formula is C14H8BrClN2O. The van der Waals surface area contributed by atoms with Crippen molar-refractivity contribution in [2.45, 2.75) is 0 Å². The summed E-state index contributed by atoms with van der Waals surface area (Å²) < 4.78 is 0.968. The van der Waals surface area contributed by atoms with Crippen molar-refractivity contribution in [1.29, 1.82) is 0 Å². The zero-order valence-corrected chi connectivity index (χ0v) is 12.0. The van der Waals surface area contributed by atoms with Crippen molar-refractivity contribution in [3.63, 3.8) is 0 Å². The Bertz CT molecular complexity index is 695. The van der Waals surface area contributed by atoms with Crippen molar-refractivity contribution in [3.8, 4) is 0 Å². The standard InChI is InChI=1S/C14H8BrClN2O/c15-8-4-6-9(7-5-8)17-13-10-2-1-3-11(16)12(10)18-14(13)19/h1-7H,(H,17,18,19). The lowest BCUT2D eigenvalue weighted by molar-refractivity contribution is -0.110. The van der Waals surface area contributed by atoms with Gasteiger partial charge in [-0.15, -0.1) is 0 Å². The zero-order valence-electron chi connectivity index (χ0n) is 9.65. The fraction of sp³-hybridized carbons (Fsp3) is 0. The molecule has 19 heavy (non-hydrogen) atoms. The first-order valence-corrected chi connectivity index (χ1v) is 6.77. The van der Waals surface area contributed by atoms with Gasteiger partial charge in [-0.1, -0.05) is 39.7 Å². The van der Waals surface area contributed by atoms with E-state index >= 15 is 0 Å². The topological polar surface area (TPSA) is 41.5 Å². The van der Waals surface area contributed by atoms with E-state index in [0.717, 1.165) is 15.7 Å². The molecular weight excluding hydrogens is 328 g/mol. The van der Waals surface area contributed by atoms with Crippen LogP contribution in [0.25, 0.3) is 0 Å². The van der Waals surface area contributed by atoms with Gasteiger partial charge in [0.25, 0.3) is 5.91 Å². The summed E-state index contributed by atoms with van der Waals surface area (Å²) in [5.74, 6) is -0.231. The van der Waals surface area contributed by atoms with Gasteiger partial charge in [-0.25, -0.2) is 4.99 Å². The lowest BCUT2D eigenvalue weighted by atomic mass is 10.1. The third kappa shape index (κ3) is 2.29. The van der Waals surface area contributed by atoms with Crippen LogP contribution in [0.3, 0.4) is 0 Å². The predicted molar refractivity (Wildman–Crippen MR) is 80.4 cm³/mol. The van der Waals surface area contributed by atoms with Gasteiger partial charge in [-0.05, 0) is 30.3 Å². The summed E-state index contributed by atoms with van der Waals surface area (Å²) in [5.41, 5.74) is 2.48. The first-order chi connectivity index (χ1) is 9.15. The van der Waals surface area contributed by atoms with E-state index < -0.39 is 0 Å². The molecule has 0 unspecified atom stereocenters. The highest BCUT2D eigenvalue weighted by Crippen LogP contribution is 2.32. The monoisotopic (exact) mass is 334 g/mol. The Balaban J connectivity index is 2.09. The van der Waals surface area contributed by atoms with Crippen molar-refractivity contribution in [1.82, 2.24) is 0 Å². The third-order valence-electron chi connectivity index (χ3n) is 2.79. The summed E-state index contributed by atoms with van der Waals surface area (Å²) in [6.45, 7) is 0. The average molecular weight is 336 g/mol. The summed E-state index contributed by atoms with van der Waals surface area (Å²) in [7, 11) is 0. The number of nitrogens with one attached hydrogen (secondary N) is 1. The fourth-order valence-corrected chi connectivity index (χ4v) is 2.39. The molecule has 0 spiro atoms. The second-order valence-electron chi connectivity index (χ2n) is 4.05. The van der Waals surface area contributed by atoms with Gasteiger partial charge in [-0.3, -0.25) is 4.79 Å². The van der Waals surface area contributed by atoms with Crippen LogP contribution in [0.2, 0.25) is 5.02 Å². The highest BCUT2D eigenvalue weighted by Gasteiger charge is 2.27. The number of carbonyl (C=O) groups is 1. The highest BCUT2D eigenvalue weighted by molar-refractivity contribution is 9.10. The van der Waals surface area contributed by atoms with E-state index in [4.69, 9.17) is 11.6 Å². The number of anilines is 1. The van der Waals surface area contributed by atoms with E-state index in [9.17, 15) is 4.79 Å². The molecule has 5 heteroatoms. The van der Waals surface area contributed by atoms with Gasteiger partial charge in [-0.2, -0.15) is 0 Å². The number of hydrogen-bond acceptors (Lipinski definition) is 2. The van der Waals surface area contributed by atoms with Gasteiger partial charge in [0.1, 0.15) is 5.71 Å². The van der Waals surface area contributed by atoms with Crippen LogP contribution in [-0.2, 0) is 4.79 Å². The van der Waals surface area contributed by atoms with Crippen molar-refractivity contribution < 1.29 is 4.79 Å². The minimum Gasteiger partial charge on any atom is -0.319 e. The van der Waals surface area contributed by atoms with E-state index in [1.54, 1.807) is 12.1 Å². The molecule has 0 radical (unpaired) electrons. The molecule has 1 aliphatic rings. The molecule has 1 N–H and O–H groups in total. The van der Waals surface area contributed by atoms with Crippen LogP contribution >= 0.6 is 27.5 Å². The molecule has 3 nitrogen and oxygen atoms in total. The Labute approximate surface area is 123 Å². The lowest BCUT2D eigenvalue weighted by Crippen LogP contribution is -2.13. The van der Waals surface area contributed by atoms with E-state index in [1.807, 2.05) is 30.3 Å². The third-order valence-corrected chi connectivity index (χ3v) is 3.63. The van der Waals surface area contributed by atoms with E-state index in [0.29, 0.717) is 16.4 Å². The van der Waals surface area contributed by atoms with Crippen LogP contribution < -0.4 is 5.32 Å². The second kappa shape index (κ2) is 4.79. The van der Waals surface area contributed by atoms with Gasteiger partial charge in [0, 0.05) is 10.0 Å². The van der Waals surface area contributed by atoms with E-state index in [-0.39, 0.29) is 5.91 Å². The molecule has 1 aliphatic heterocycles. The van der Waals surface area contributed by atoms with Gasteiger partial charge in [0.2, 0.25) is 0 Å². The molecule has 94 valence electrons. The van der Waals surface area contributed by atoms with Crippen LogP contribution in [0.4, 0.5) is 11.4 Å². The molecule has 0 aromatic heterocycles. The number of hydrogen-bond donors (Lipinski definition) is 1. The number of amides is 1. The minimum atomic E-state index is -0.231. The highest BCUT2D eigenvalue weighted by atomic mass is 79.9. The zero-order chi connectivity index (χ0) is 13.4. The first-order valence-electron chi connectivity index (χ1n) is 5.59. The first kappa shape index (κ1) is 12.4. The van der Waals surface area contributed by atoms with Gasteiger partial charge < -0.3 is 5.32 Å². The summed E-state index contributed by atoms with van der Waals surface area (Å²) in [4.78, 5) is 16.3. The Morgan fingerprint density at radius 1 is 1.11 bits per heavy atom. The summed E-state index contributed by atoms with van der Waals surface area (Å²) >= 11 is 9.41.